The molecule has 1 rings (SSSR count). The third-order valence-corrected chi connectivity index (χ3v) is 2.96. The van der Waals surface area contributed by atoms with Crippen LogP contribution < -0.4 is 0 Å². The summed E-state index contributed by atoms with van der Waals surface area (Å²) in [5.41, 5.74) is 1.01. The number of carbonyl (C=O) groups is 1. The lowest BCUT2D eigenvalue weighted by Crippen LogP contribution is -2.29. The van der Waals surface area contributed by atoms with Crippen LogP contribution in [-0.4, -0.2) is 33.4 Å². The van der Waals surface area contributed by atoms with Crippen molar-refractivity contribution in [1.82, 2.24) is 0 Å². The van der Waals surface area contributed by atoms with Gasteiger partial charge in [-0.3, -0.25) is 4.18 Å². The molecule has 1 aromatic rings. The van der Waals surface area contributed by atoms with Gasteiger partial charge in [0.05, 0.1) is 12.9 Å². The Morgan fingerprint density at radius 1 is 1.26 bits per heavy atom. The average molecular weight is 286 g/mol. The van der Waals surface area contributed by atoms with Crippen LogP contribution in [0.2, 0.25) is 0 Å². The smallest absolute Gasteiger partial charge is 0.336 e. The number of esters is 1. The zero-order valence-corrected chi connectivity index (χ0v) is 11.9. The largest absolute Gasteiger partial charge is 0.464 e. The van der Waals surface area contributed by atoms with Crippen molar-refractivity contribution in [2.75, 3.05) is 12.9 Å². The first-order valence-electron chi connectivity index (χ1n) is 6.01. The number of aryl methyl sites for hydroxylation is 1. The van der Waals surface area contributed by atoms with Crippen LogP contribution in [0.1, 0.15) is 18.9 Å². The van der Waals surface area contributed by atoms with Crippen LogP contribution in [0.15, 0.2) is 30.3 Å². The van der Waals surface area contributed by atoms with Crippen molar-refractivity contribution in [3.05, 3.63) is 35.9 Å². The zero-order chi connectivity index (χ0) is 14.3. The quantitative estimate of drug-likeness (QED) is 0.561. The van der Waals surface area contributed by atoms with Crippen LogP contribution in [0, 0.1) is 0 Å². The standard InChI is InChI=1S/C13H18O5S/c1-3-17-13(14)12(18-19(2,15)16)10-9-11-7-5-4-6-8-11/h4-8,12H,3,9-10H2,1-2H3/t12-/m1/s1. The van der Waals surface area contributed by atoms with Crippen molar-refractivity contribution in [3.8, 4) is 0 Å². The normalized spacial score (nSPS) is 12.9. The fraction of sp³-hybridized carbons (Fsp3) is 0.462. The number of rotatable bonds is 7. The van der Waals surface area contributed by atoms with Crippen LogP contribution in [0.5, 0.6) is 0 Å². The summed E-state index contributed by atoms with van der Waals surface area (Å²) in [5.74, 6) is -0.649. The molecular formula is C13H18O5S. The number of hydrogen-bond donors (Lipinski definition) is 0. The molecule has 0 unspecified atom stereocenters. The summed E-state index contributed by atoms with van der Waals surface area (Å²) in [5, 5.41) is 0. The Labute approximate surface area is 113 Å². The van der Waals surface area contributed by atoms with Crippen molar-refractivity contribution in [2.45, 2.75) is 25.9 Å². The molecule has 0 aliphatic heterocycles. The number of ether oxygens (including phenoxy) is 1. The maximum atomic E-state index is 11.6. The minimum absolute atomic E-state index is 0.188. The van der Waals surface area contributed by atoms with Crippen molar-refractivity contribution in [3.63, 3.8) is 0 Å². The first-order chi connectivity index (χ1) is 8.92. The Balaban J connectivity index is 2.66. The molecule has 0 radical (unpaired) electrons. The number of benzene rings is 1. The van der Waals surface area contributed by atoms with Crippen LogP contribution >= 0.6 is 0 Å². The predicted molar refractivity (Wildman–Crippen MR) is 71.1 cm³/mol. The summed E-state index contributed by atoms with van der Waals surface area (Å²) in [4.78, 5) is 11.6. The molecule has 0 aliphatic rings. The Morgan fingerprint density at radius 2 is 1.89 bits per heavy atom. The van der Waals surface area contributed by atoms with Crippen molar-refractivity contribution < 1.29 is 22.1 Å². The monoisotopic (exact) mass is 286 g/mol. The molecule has 106 valence electrons. The average Bonchev–Trinajstić information content (AvgIpc) is 2.34. The van der Waals surface area contributed by atoms with E-state index in [0.717, 1.165) is 11.8 Å². The molecule has 0 fully saturated rings. The van der Waals surface area contributed by atoms with Crippen LogP contribution in [0.25, 0.3) is 0 Å². The number of hydrogen-bond acceptors (Lipinski definition) is 5. The highest BCUT2D eigenvalue weighted by atomic mass is 32.2. The van der Waals surface area contributed by atoms with E-state index in [-0.39, 0.29) is 13.0 Å². The van der Waals surface area contributed by atoms with E-state index in [9.17, 15) is 13.2 Å². The highest BCUT2D eigenvalue weighted by Crippen LogP contribution is 2.11. The SMILES string of the molecule is CCOC(=O)[C@@H](CCc1ccccc1)OS(C)(=O)=O. The molecule has 0 bridgehead atoms. The van der Waals surface area contributed by atoms with Gasteiger partial charge in [0.25, 0.3) is 10.1 Å². The maximum Gasteiger partial charge on any atom is 0.336 e. The molecule has 19 heavy (non-hydrogen) atoms. The van der Waals surface area contributed by atoms with Gasteiger partial charge in [0.2, 0.25) is 0 Å². The molecule has 0 aliphatic carbocycles. The fourth-order valence-electron chi connectivity index (χ4n) is 1.59. The van der Waals surface area contributed by atoms with E-state index in [4.69, 9.17) is 8.92 Å². The summed E-state index contributed by atoms with van der Waals surface area (Å²) in [7, 11) is -3.69. The van der Waals surface area contributed by atoms with Gasteiger partial charge in [0.1, 0.15) is 0 Å². The van der Waals surface area contributed by atoms with Gasteiger partial charge >= 0.3 is 5.97 Å². The van der Waals surface area contributed by atoms with Gasteiger partial charge in [0, 0.05) is 0 Å². The summed E-state index contributed by atoms with van der Waals surface area (Å²) < 4.78 is 31.8. The molecule has 0 heterocycles. The molecular weight excluding hydrogens is 268 g/mol. The molecule has 1 aromatic carbocycles. The summed E-state index contributed by atoms with van der Waals surface area (Å²) in [6.07, 6.45) is 0.632. The Kier molecular flexibility index (Phi) is 5.98. The molecule has 0 N–H and O–H groups in total. The van der Waals surface area contributed by atoms with Gasteiger partial charge < -0.3 is 4.74 Å². The Hall–Kier alpha value is -1.40. The minimum Gasteiger partial charge on any atom is -0.464 e. The third kappa shape index (κ3) is 6.35. The van der Waals surface area contributed by atoms with Crippen molar-refractivity contribution in [2.24, 2.45) is 0 Å². The Bertz CT molecular complexity index is 495. The Morgan fingerprint density at radius 3 is 2.42 bits per heavy atom. The minimum atomic E-state index is -3.69. The molecule has 0 saturated carbocycles. The van der Waals surface area contributed by atoms with E-state index in [1.165, 1.54) is 0 Å². The topological polar surface area (TPSA) is 69.7 Å². The molecule has 0 amide bonds. The first-order valence-corrected chi connectivity index (χ1v) is 7.83. The molecule has 1 atom stereocenters. The van der Waals surface area contributed by atoms with E-state index in [0.29, 0.717) is 6.42 Å². The highest BCUT2D eigenvalue weighted by Gasteiger charge is 2.24. The van der Waals surface area contributed by atoms with Gasteiger partial charge in [0.15, 0.2) is 6.10 Å². The molecule has 5 nitrogen and oxygen atoms in total. The second-order valence-electron chi connectivity index (χ2n) is 4.07. The molecule has 0 spiro atoms. The van der Waals surface area contributed by atoms with Crippen LogP contribution in [0.3, 0.4) is 0 Å². The fourth-order valence-corrected chi connectivity index (χ4v) is 2.19. The van der Waals surface area contributed by atoms with Crippen LogP contribution in [-0.2, 0) is 30.3 Å². The summed E-state index contributed by atoms with van der Waals surface area (Å²) >= 11 is 0. The van der Waals surface area contributed by atoms with Crippen molar-refractivity contribution >= 4 is 16.1 Å². The van der Waals surface area contributed by atoms with Gasteiger partial charge in [-0.1, -0.05) is 30.3 Å². The van der Waals surface area contributed by atoms with Gasteiger partial charge in [-0.15, -0.1) is 0 Å². The van der Waals surface area contributed by atoms with E-state index in [2.05, 4.69) is 0 Å². The van der Waals surface area contributed by atoms with E-state index in [1.807, 2.05) is 30.3 Å². The molecule has 0 aromatic heterocycles. The van der Waals surface area contributed by atoms with Gasteiger partial charge in [-0.05, 0) is 25.3 Å². The van der Waals surface area contributed by atoms with Gasteiger partial charge in [-0.25, -0.2) is 4.79 Å². The van der Waals surface area contributed by atoms with Crippen LogP contribution in [0.4, 0.5) is 0 Å². The van der Waals surface area contributed by atoms with Crippen molar-refractivity contribution in [1.29, 1.82) is 0 Å². The maximum absolute atomic E-state index is 11.6. The molecule has 6 heteroatoms. The second-order valence-corrected chi connectivity index (χ2v) is 5.67. The van der Waals surface area contributed by atoms with E-state index in [1.54, 1.807) is 6.92 Å². The summed E-state index contributed by atoms with van der Waals surface area (Å²) in [6.45, 7) is 1.85. The first kappa shape index (κ1) is 15.7. The number of carbonyl (C=O) groups excluding carboxylic acids is 1. The molecule has 0 saturated heterocycles. The lowest BCUT2D eigenvalue weighted by Gasteiger charge is -2.14. The van der Waals surface area contributed by atoms with Gasteiger partial charge in [-0.2, -0.15) is 8.42 Å². The lowest BCUT2D eigenvalue weighted by molar-refractivity contribution is -0.151. The lowest BCUT2D eigenvalue weighted by atomic mass is 10.1. The highest BCUT2D eigenvalue weighted by molar-refractivity contribution is 7.86. The third-order valence-electron chi connectivity index (χ3n) is 2.38. The second kappa shape index (κ2) is 7.25. The predicted octanol–water partition coefficient (Wildman–Crippen LogP) is 1.53. The van der Waals surface area contributed by atoms with E-state index >= 15 is 0 Å². The summed E-state index contributed by atoms with van der Waals surface area (Å²) in [6, 6.07) is 9.46. The van der Waals surface area contributed by atoms with E-state index < -0.39 is 22.2 Å². The zero-order valence-electron chi connectivity index (χ0n) is 11.0.